The molecule has 0 radical (unpaired) electrons. The summed E-state index contributed by atoms with van der Waals surface area (Å²) in [5.74, 6) is -3.15. The summed E-state index contributed by atoms with van der Waals surface area (Å²) < 4.78 is 85.9. The van der Waals surface area contributed by atoms with Crippen LogP contribution in [-0.2, 0) is 41.6 Å². The fourth-order valence-corrected chi connectivity index (χ4v) is 8.28. The summed E-state index contributed by atoms with van der Waals surface area (Å²) in [6, 6.07) is 42.8. The Balaban J connectivity index is 0.000000208. The molecule has 0 bridgehead atoms. The molecular weight excluding hydrogens is 938 g/mol. The van der Waals surface area contributed by atoms with Crippen LogP contribution in [0, 0.1) is 11.8 Å². The van der Waals surface area contributed by atoms with Crippen LogP contribution in [0.5, 0.6) is 0 Å². The van der Waals surface area contributed by atoms with Crippen molar-refractivity contribution < 1.29 is 44.8 Å². The highest BCUT2D eigenvalue weighted by atomic mass is 35.5. The molecule has 9 rings (SSSR count). The lowest BCUT2D eigenvalue weighted by molar-refractivity contribution is -0.157. The third-order valence-corrected chi connectivity index (χ3v) is 12.0. The molecule has 2 saturated heterocycles. The molecule has 2 aliphatic rings. The van der Waals surface area contributed by atoms with Crippen LogP contribution in [0.15, 0.2) is 148 Å². The third-order valence-electron chi connectivity index (χ3n) is 12.0. The van der Waals surface area contributed by atoms with E-state index in [2.05, 4.69) is 42.7 Å². The number of anilines is 2. The number of halogens is 7. The van der Waals surface area contributed by atoms with Crippen LogP contribution in [-0.4, -0.2) is 63.3 Å². The second-order valence-electron chi connectivity index (χ2n) is 16.8. The first kappa shape index (κ1) is 51.0. The Labute approximate surface area is 406 Å². The summed E-state index contributed by atoms with van der Waals surface area (Å²) in [6.07, 6.45) is -6.23. The minimum absolute atomic E-state index is 0. The molecule has 0 unspecified atom stereocenters. The predicted molar refractivity (Wildman–Crippen MR) is 252 cm³/mol. The van der Waals surface area contributed by atoms with E-state index >= 15 is 0 Å². The van der Waals surface area contributed by atoms with Gasteiger partial charge >= 0.3 is 24.1 Å². The van der Waals surface area contributed by atoms with Crippen LogP contribution in [0.3, 0.4) is 0 Å². The number of alkyl halides is 6. The average Bonchev–Trinajstić information content (AvgIpc) is 4.10. The van der Waals surface area contributed by atoms with Crippen molar-refractivity contribution >= 4 is 35.6 Å². The van der Waals surface area contributed by atoms with E-state index in [0.29, 0.717) is 24.2 Å². The van der Waals surface area contributed by atoms with Crippen molar-refractivity contribution in [1.29, 1.82) is 0 Å². The molecular formula is C51H49ClF6N8O4. The van der Waals surface area contributed by atoms with Crippen molar-refractivity contribution in [2.75, 3.05) is 36.0 Å². The Morgan fingerprint density at radius 1 is 0.529 bits per heavy atom. The molecule has 19 heteroatoms. The first-order valence-corrected chi connectivity index (χ1v) is 22.5. The van der Waals surface area contributed by atoms with E-state index < -0.39 is 24.1 Å². The van der Waals surface area contributed by atoms with E-state index in [0.717, 1.165) is 80.9 Å². The number of nitrogens with zero attached hydrogens (tertiary/aromatic N) is 7. The number of amides is 2. The number of nitrogens with one attached hydrogen (secondary N) is 1. The molecule has 0 atom stereocenters. The molecule has 2 aliphatic heterocycles. The number of benzene rings is 5. The number of piperidine rings is 2. The summed E-state index contributed by atoms with van der Waals surface area (Å²) in [5, 5.41) is 16.4. The van der Waals surface area contributed by atoms with Crippen molar-refractivity contribution in [3.05, 3.63) is 168 Å². The zero-order chi connectivity index (χ0) is 48.4. The number of hydrogen-bond acceptors (Lipinski definition) is 10. The first-order valence-electron chi connectivity index (χ1n) is 22.5. The van der Waals surface area contributed by atoms with Gasteiger partial charge in [0.15, 0.2) is 0 Å². The quantitative estimate of drug-likeness (QED) is 0.118. The molecule has 1 N–H and O–H groups in total. The van der Waals surface area contributed by atoms with E-state index in [1.807, 2.05) is 78.9 Å². The van der Waals surface area contributed by atoms with Crippen molar-refractivity contribution in [3.63, 3.8) is 0 Å². The van der Waals surface area contributed by atoms with Crippen molar-refractivity contribution in [2.45, 2.75) is 57.7 Å². The van der Waals surface area contributed by atoms with Gasteiger partial charge in [-0.3, -0.25) is 14.5 Å². The lowest BCUT2D eigenvalue weighted by Gasteiger charge is -2.34. The summed E-state index contributed by atoms with van der Waals surface area (Å²) in [5.41, 5.74) is 5.31. The van der Waals surface area contributed by atoms with Gasteiger partial charge in [0.25, 0.3) is 0 Å². The average molecular weight is 987 g/mol. The maximum atomic E-state index is 13.7. The topological polar surface area (TPSA) is 134 Å². The highest BCUT2D eigenvalue weighted by Gasteiger charge is 2.39. The zero-order valence-corrected chi connectivity index (χ0v) is 38.5. The Kier molecular flexibility index (Phi) is 16.9. The van der Waals surface area contributed by atoms with Gasteiger partial charge in [0.2, 0.25) is 23.6 Å². The van der Waals surface area contributed by atoms with Crippen molar-refractivity contribution in [3.8, 4) is 22.9 Å². The number of carbonyl (C=O) groups excluding carboxylic acids is 2. The monoisotopic (exact) mass is 986 g/mol. The minimum Gasteiger partial charge on any atom is -0.413 e. The van der Waals surface area contributed by atoms with Crippen LogP contribution in [0.1, 0.15) is 54.2 Å². The molecule has 0 spiro atoms. The molecule has 7 aromatic rings. The standard InChI is InChI=1S/C29H27F3N4O2.C22H21F3N4O2.ClH/c30-29(31,32)28-34-33-26(38-28)23-13-11-22(12-14-23)20-36(25-9-5-2-6-10-25)27(37)24-15-17-35(18-16-24)19-21-7-3-1-4-8-21;23-22(24,25)21-28-27-19(31-21)16-8-6-15(7-9-16)14-29(18-4-2-1-3-5-18)20(30)17-10-12-26-13-11-17;/h1-14,24H,15-20H2;1-9,17,26H,10-14H2;1H. The highest BCUT2D eigenvalue weighted by molar-refractivity contribution is 5.95. The smallest absolute Gasteiger partial charge is 0.413 e. The lowest BCUT2D eigenvalue weighted by Crippen LogP contribution is -2.42. The van der Waals surface area contributed by atoms with Gasteiger partial charge in [0, 0.05) is 40.9 Å². The van der Waals surface area contributed by atoms with Crippen LogP contribution < -0.4 is 15.1 Å². The summed E-state index contributed by atoms with van der Waals surface area (Å²) in [7, 11) is 0. The Hall–Kier alpha value is -6.89. The third kappa shape index (κ3) is 13.2. The Morgan fingerprint density at radius 2 is 0.914 bits per heavy atom. The normalized spacial score (nSPS) is 14.8. The molecule has 2 amide bonds. The molecule has 5 aromatic carbocycles. The van der Waals surface area contributed by atoms with Gasteiger partial charge in [0.05, 0.1) is 13.1 Å². The van der Waals surface area contributed by atoms with Crippen LogP contribution >= 0.6 is 12.4 Å². The van der Waals surface area contributed by atoms with Gasteiger partial charge < -0.3 is 24.0 Å². The fraction of sp³-hybridized carbons (Fsp3) is 0.294. The van der Waals surface area contributed by atoms with Crippen LogP contribution in [0.25, 0.3) is 22.9 Å². The number of para-hydroxylation sites is 2. The van der Waals surface area contributed by atoms with Gasteiger partial charge in [-0.25, -0.2) is 0 Å². The van der Waals surface area contributed by atoms with Crippen LogP contribution in [0.2, 0.25) is 0 Å². The fourth-order valence-electron chi connectivity index (χ4n) is 8.28. The second kappa shape index (κ2) is 23.1. The zero-order valence-electron chi connectivity index (χ0n) is 37.7. The van der Waals surface area contributed by atoms with E-state index in [9.17, 15) is 35.9 Å². The van der Waals surface area contributed by atoms with Crippen LogP contribution in [0.4, 0.5) is 37.7 Å². The van der Waals surface area contributed by atoms with E-state index in [4.69, 9.17) is 8.83 Å². The lowest BCUT2D eigenvalue weighted by atomic mass is 9.94. The number of likely N-dealkylation sites (tertiary alicyclic amines) is 1. The second-order valence-corrected chi connectivity index (χ2v) is 16.8. The Bertz CT molecular complexity index is 2730. The van der Waals surface area contributed by atoms with Gasteiger partial charge in [-0.05, 0) is 117 Å². The first-order chi connectivity index (χ1) is 33.3. The molecule has 12 nitrogen and oxygen atoms in total. The van der Waals surface area contributed by atoms with E-state index in [1.54, 1.807) is 58.3 Å². The van der Waals surface area contributed by atoms with E-state index in [1.165, 1.54) is 5.56 Å². The largest absolute Gasteiger partial charge is 0.470 e. The number of rotatable bonds is 12. The summed E-state index contributed by atoms with van der Waals surface area (Å²) in [6.45, 7) is 4.91. The molecule has 70 heavy (non-hydrogen) atoms. The minimum atomic E-state index is -4.70. The SMILES string of the molecule is Cl.O=C(C1CCN(Cc2ccccc2)CC1)N(Cc1ccc(-c2nnc(C(F)(F)F)o2)cc1)c1ccccc1.O=C(C1CCNCC1)N(Cc1ccc(-c2nnc(C(F)(F)F)o2)cc1)c1ccccc1. The Morgan fingerprint density at radius 3 is 1.30 bits per heavy atom. The number of carbonyl (C=O) groups is 2. The van der Waals surface area contributed by atoms with Gasteiger partial charge in [-0.1, -0.05) is 91.0 Å². The maximum Gasteiger partial charge on any atom is 0.470 e. The number of hydrogen-bond donors (Lipinski definition) is 1. The van der Waals surface area contributed by atoms with Gasteiger partial charge in [0.1, 0.15) is 0 Å². The molecule has 0 saturated carbocycles. The highest BCUT2D eigenvalue weighted by Crippen LogP contribution is 2.33. The summed E-state index contributed by atoms with van der Waals surface area (Å²) in [4.78, 5) is 32.9. The maximum absolute atomic E-state index is 13.7. The van der Waals surface area contributed by atoms with Crippen molar-refractivity contribution in [1.82, 2.24) is 30.6 Å². The van der Waals surface area contributed by atoms with Gasteiger partial charge in [-0.15, -0.1) is 32.8 Å². The predicted octanol–water partition coefficient (Wildman–Crippen LogP) is 10.9. The summed E-state index contributed by atoms with van der Waals surface area (Å²) >= 11 is 0. The molecule has 2 aromatic heterocycles. The number of aromatic nitrogens is 4. The van der Waals surface area contributed by atoms with E-state index in [-0.39, 0.29) is 47.8 Å². The molecule has 0 aliphatic carbocycles. The molecule has 4 heterocycles. The molecule has 2 fully saturated rings. The van der Waals surface area contributed by atoms with Crippen molar-refractivity contribution in [2.24, 2.45) is 11.8 Å². The van der Waals surface area contributed by atoms with Gasteiger partial charge in [-0.2, -0.15) is 26.3 Å². The molecule has 366 valence electrons.